The summed E-state index contributed by atoms with van der Waals surface area (Å²) in [5.41, 5.74) is 0. The van der Waals surface area contributed by atoms with E-state index < -0.39 is 0 Å². The molecule has 1 fully saturated rings. The third-order valence-electron chi connectivity index (χ3n) is 2.75. The van der Waals surface area contributed by atoms with Gasteiger partial charge < -0.3 is 9.64 Å². The molecule has 0 aromatic carbocycles. The van der Waals surface area contributed by atoms with Gasteiger partial charge in [0.05, 0.1) is 0 Å². The molecule has 1 amide bonds. The van der Waals surface area contributed by atoms with E-state index in [-0.39, 0.29) is 11.8 Å². The predicted octanol–water partition coefficient (Wildman–Crippen LogP) is 1.50. The SMILES string of the molecule is CN(CCC1CCOCC1)C(=O)CCl. The van der Waals surface area contributed by atoms with Gasteiger partial charge in [0.1, 0.15) is 5.88 Å². The number of nitrogens with zero attached hydrogens (tertiary/aromatic N) is 1. The molecule has 1 aliphatic rings. The van der Waals surface area contributed by atoms with E-state index in [4.69, 9.17) is 16.3 Å². The van der Waals surface area contributed by atoms with Gasteiger partial charge in [0.2, 0.25) is 5.91 Å². The molecule has 0 saturated carbocycles. The number of hydrogen-bond donors (Lipinski definition) is 0. The summed E-state index contributed by atoms with van der Waals surface area (Å²) in [6.45, 7) is 2.56. The first-order chi connectivity index (χ1) is 6.74. The largest absolute Gasteiger partial charge is 0.381 e. The fourth-order valence-corrected chi connectivity index (χ4v) is 1.84. The van der Waals surface area contributed by atoms with Crippen LogP contribution in [0.15, 0.2) is 0 Å². The van der Waals surface area contributed by atoms with Gasteiger partial charge in [-0.2, -0.15) is 0 Å². The van der Waals surface area contributed by atoms with Gasteiger partial charge in [-0.05, 0) is 25.2 Å². The van der Waals surface area contributed by atoms with Crippen LogP contribution >= 0.6 is 11.6 Å². The number of carbonyl (C=O) groups excluding carboxylic acids is 1. The van der Waals surface area contributed by atoms with Crippen LogP contribution in [0, 0.1) is 5.92 Å². The second-order valence-corrected chi connectivity index (χ2v) is 4.06. The van der Waals surface area contributed by atoms with Crippen molar-refractivity contribution >= 4 is 17.5 Å². The molecule has 82 valence electrons. The van der Waals surface area contributed by atoms with Crippen LogP contribution in [-0.4, -0.2) is 43.5 Å². The molecule has 0 atom stereocenters. The fraction of sp³-hybridized carbons (Fsp3) is 0.900. The van der Waals surface area contributed by atoms with Gasteiger partial charge in [0.25, 0.3) is 0 Å². The van der Waals surface area contributed by atoms with Gasteiger partial charge in [-0.1, -0.05) is 0 Å². The molecule has 0 aromatic heterocycles. The lowest BCUT2D eigenvalue weighted by Gasteiger charge is -2.24. The van der Waals surface area contributed by atoms with E-state index in [1.165, 1.54) is 0 Å². The maximum atomic E-state index is 11.2. The minimum absolute atomic E-state index is 0.0127. The summed E-state index contributed by atoms with van der Waals surface area (Å²) in [4.78, 5) is 12.9. The number of ether oxygens (including phenoxy) is 1. The van der Waals surface area contributed by atoms with Crippen molar-refractivity contribution in [2.75, 3.05) is 32.7 Å². The molecule has 4 heteroatoms. The molecule has 0 unspecified atom stereocenters. The van der Waals surface area contributed by atoms with E-state index in [1.54, 1.807) is 4.90 Å². The highest BCUT2D eigenvalue weighted by atomic mass is 35.5. The van der Waals surface area contributed by atoms with E-state index in [0.717, 1.165) is 39.0 Å². The zero-order valence-corrected chi connectivity index (χ0v) is 9.42. The Morgan fingerprint density at radius 1 is 1.50 bits per heavy atom. The maximum Gasteiger partial charge on any atom is 0.237 e. The van der Waals surface area contributed by atoms with Gasteiger partial charge in [0, 0.05) is 26.8 Å². The molecular weight excluding hydrogens is 202 g/mol. The number of hydrogen-bond acceptors (Lipinski definition) is 2. The summed E-state index contributed by atoms with van der Waals surface area (Å²) in [6.07, 6.45) is 3.33. The van der Waals surface area contributed by atoms with Crippen molar-refractivity contribution < 1.29 is 9.53 Å². The maximum absolute atomic E-state index is 11.2. The lowest BCUT2D eigenvalue weighted by molar-refractivity contribution is -0.127. The standard InChI is InChI=1S/C10H18ClNO2/c1-12(10(13)8-11)5-2-9-3-6-14-7-4-9/h9H,2-8H2,1H3. The highest BCUT2D eigenvalue weighted by Gasteiger charge is 2.15. The molecule has 0 aromatic rings. The van der Waals surface area contributed by atoms with Gasteiger partial charge >= 0.3 is 0 Å². The van der Waals surface area contributed by atoms with Gasteiger partial charge in [-0.15, -0.1) is 11.6 Å². The molecule has 0 N–H and O–H groups in total. The zero-order chi connectivity index (χ0) is 10.4. The summed E-state index contributed by atoms with van der Waals surface area (Å²) >= 11 is 5.46. The van der Waals surface area contributed by atoms with Crippen molar-refractivity contribution in [1.82, 2.24) is 4.90 Å². The average molecular weight is 220 g/mol. The lowest BCUT2D eigenvalue weighted by atomic mass is 9.96. The Morgan fingerprint density at radius 3 is 2.71 bits per heavy atom. The normalized spacial score (nSPS) is 18.1. The average Bonchev–Trinajstić information content (AvgIpc) is 2.26. The molecule has 1 rings (SSSR count). The summed E-state index contributed by atoms with van der Waals surface area (Å²) in [6, 6.07) is 0. The van der Waals surface area contributed by atoms with Gasteiger partial charge in [-0.25, -0.2) is 0 Å². The summed E-state index contributed by atoms with van der Waals surface area (Å²) in [7, 11) is 1.81. The van der Waals surface area contributed by atoms with Gasteiger partial charge in [-0.3, -0.25) is 4.79 Å². The quantitative estimate of drug-likeness (QED) is 0.671. The van der Waals surface area contributed by atoms with Crippen LogP contribution in [-0.2, 0) is 9.53 Å². The Morgan fingerprint density at radius 2 is 2.14 bits per heavy atom. The van der Waals surface area contributed by atoms with Crippen molar-refractivity contribution in [2.45, 2.75) is 19.3 Å². The van der Waals surface area contributed by atoms with E-state index in [1.807, 2.05) is 7.05 Å². The second kappa shape index (κ2) is 6.25. The first kappa shape index (κ1) is 11.8. The predicted molar refractivity (Wildman–Crippen MR) is 56.5 cm³/mol. The molecule has 14 heavy (non-hydrogen) atoms. The fourth-order valence-electron chi connectivity index (χ4n) is 1.64. The van der Waals surface area contributed by atoms with Crippen molar-refractivity contribution in [2.24, 2.45) is 5.92 Å². The lowest BCUT2D eigenvalue weighted by Crippen LogP contribution is -2.30. The van der Waals surface area contributed by atoms with Crippen LogP contribution in [0.25, 0.3) is 0 Å². The summed E-state index contributed by atoms with van der Waals surface area (Å²) < 4.78 is 5.27. The topological polar surface area (TPSA) is 29.5 Å². The Hall–Kier alpha value is -0.280. The molecular formula is C10H18ClNO2. The van der Waals surface area contributed by atoms with E-state index in [0.29, 0.717) is 5.92 Å². The molecule has 0 spiro atoms. The van der Waals surface area contributed by atoms with E-state index >= 15 is 0 Å². The summed E-state index contributed by atoms with van der Waals surface area (Å²) in [5.74, 6) is 0.817. The number of alkyl halides is 1. The smallest absolute Gasteiger partial charge is 0.237 e. The zero-order valence-electron chi connectivity index (χ0n) is 8.67. The third-order valence-corrected chi connectivity index (χ3v) is 2.98. The molecule has 0 aliphatic carbocycles. The third kappa shape index (κ3) is 3.84. The number of rotatable bonds is 4. The van der Waals surface area contributed by atoms with Crippen LogP contribution in [0.5, 0.6) is 0 Å². The Labute approximate surface area is 90.4 Å². The molecule has 1 saturated heterocycles. The summed E-state index contributed by atoms with van der Waals surface area (Å²) in [5, 5.41) is 0. The minimum atomic E-state index is 0.0127. The highest BCUT2D eigenvalue weighted by molar-refractivity contribution is 6.27. The molecule has 1 aliphatic heterocycles. The number of carbonyl (C=O) groups is 1. The minimum Gasteiger partial charge on any atom is -0.381 e. The van der Waals surface area contributed by atoms with Crippen molar-refractivity contribution in [3.05, 3.63) is 0 Å². The van der Waals surface area contributed by atoms with Crippen LogP contribution in [0.4, 0.5) is 0 Å². The first-order valence-corrected chi connectivity index (χ1v) is 5.65. The van der Waals surface area contributed by atoms with Crippen LogP contribution in [0.3, 0.4) is 0 Å². The van der Waals surface area contributed by atoms with E-state index in [9.17, 15) is 4.79 Å². The van der Waals surface area contributed by atoms with Crippen molar-refractivity contribution in [1.29, 1.82) is 0 Å². The monoisotopic (exact) mass is 219 g/mol. The number of amides is 1. The Kier molecular flexibility index (Phi) is 5.26. The van der Waals surface area contributed by atoms with Crippen molar-refractivity contribution in [3.63, 3.8) is 0 Å². The van der Waals surface area contributed by atoms with Crippen LogP contribution in [0.1, 0.15) is 19.3 Å². The molecule has 1 heterocycles. The molecule has 0 radical (unpaired) electrons. The van der Waals surface area contributed by atoms with Crippen LogP contribution < -0.4 is 0 Å². The number of halogens is 1. The Bertz CT molecular complexity index is 181. The molecule has 3 nitrogen and oxygen atoms in total. The Balaban J connectivity index is 2.15. The van der Waals surface area contributed by atoms with Gasteiger partial charge in [0.15, 0.2) is 0 Å². The first-order valence-electron chi connectivity index (χ1n) is 5.11. The molecule has 0 bridgehead atoms. The van der Waals surface area contributed by atoms with Crippen molar-refractivity contribution in [3.8, 4) is 0 Å². The highest BCUT2D eigenvalue weighted by Crippen LogP contribution is 2.18. The van der Waals surface area contributed by atoms with E-state index in [2.05, 4.69) is 0 Å². The van der Waals surface area contributed by atoms with Crippen LogP contribution in [0.2, 0.25) is 0 Å². The second-order valence-electron chi connectivity index (χ2n) is 3.79.